The van der Waals surface area contributed by atoms with Gasteiger partial charge in [-0.1, -0.05) is 312 Å². The fourth-order valence-electron chi connectivity index (χ4n) is 13.1. The zero-order valence-corrected chi connectivity index (χ0v) is 62.7. The summed E-state index contributed by atoms with van der Waals surface area (Å²) in [5.41, 5.74) is 28.0. The summed E-state index contributed by atoms with van der Waals surface area (Å²) >= 11 is 0. The van der Waals surface area contributed by atoms with Crippen molar-refractivity contribution in [2.45, 2.75) is 284 Å². The van der Waals surface area contributed by atoms with Crippen molar-refractivity contribution < 1.29 is 0 Å². The molecule has 0 aromatic heterocycles. The van der Waals surface area contributed by atoms with Gasteiger partial charge in [0, 0.05) is 0 Å². The molecule has 3 aliphatic carbocycles. The van der Waals surface area contributed by atoms with Gasteiger partial charge in [0.2, 0.25) is 0 Å². The van der Waals surface area contributed by atoms with Crippen LogP contribution in [0.1, 0.15) is 294 Å². The van der Waals surface area contributed by atoms with E-state index in [2.05, 4.69) is 328 Å². The summed E-state index contributed by atoms with van der Waals surface area (Å²) in [7, 11) is 0. The van der Waals surface area contributed by atoms with E-state index in [0.717, 1.165) is 24.2 Å². The standard InChI is InChI=1S/2C13H20.3C12H16.C12H18.2C9H12/c1-9(2)12-6-11(5)7-13(8-12)10(3)4;1-5-13(4,6-2)12-10-8-7-9-11(12)3;1-10-6-2-5-9-12(10)11-7-3-4-8-11;1-10-5-4-8-12(9-10)11-6-2-3-7-11;1-10-6-8-12(9-7-10)11-4-2-3-5-11;1-10-5-7-11(8-6-10)9-12(2,3)4;1-7-4-5-8(2)9(3)6-7;1-7-5-4-6-8(2)9(7)3/h6-10H,1-5H3;7-10H,5-6H2,1-4H3;2,5-6,9,11H,3-4,7-8H2,1H3;4-5,8-9,11H,2-3,6-7H2,1H3;6-9,11H,2-5H2,1H3;5-8H,9H2,1-4H3;2*4-6H,1-3H3. The molecule has 92 heavy (non-hydrogen) atoms. The second kappa shape index (κ2) is 40.1. The van der Waals surface area contributed by atoms with Crippen LogP contribution in [-0.2, 0) is 11.8 Å². The normalized spacial score (nSPS) is 13.9. The third kappa shape index (κ3) is 28.1. The van der Waals surface area contributed by atoms with Gasteiger partial charge in [0.05, 0.1) is 0 Å². The molecule has 0 radical (unpaired) electrons. The molecule has 3 aliphatic rings. The predicted octanol–water partition coefficient (Wildman–Crippen LogP) is 28.1. The lowest BCUT2D eigenvalue weighted by Gasteiger charge is -2.29. The molecule has 0 aliphatic heterocycles. The van der Waals surface area contributed by atoms with Crippen LogP contribution in [0.3, 0.4) is 0 Å². The van der Waals surface area contributed by atoms with Crippen LogP contribution in [0.15, 0.2) is 176 Å². The van der Waals surface area contributed by atoms with Crippen LogP contribution in [0.5, 0.6) is 0 Å². The Morgan fingerprint density at radius 1 is 0.337 bits per heavy atom. The number of hydrogen-bond donors (Lipinski definition) is 0. The van der Waals surface area contributed by atoms with Crippen molar-refractivity contribution in [1.82, 2.24) is 0 Å². The van der Waals surface area contributed by atoms with E-state index in [1.54, 1.807) is 16.7 Å². The highest BCUT2D eigenvalue weighted by Crippen LogP contribution is 2.37. The highest BCUT2D eigenvalue weighted by atomic mass is 14.3. The molecular formula is C92H130. The SMILES string of the molecule is CCC(C)(CC)c1ccccc1C.Cc1cc(C(C)C)cc(C(C)C)c1.Cc1ccc(C)c(C)c1.Cc1ccc(C2CCCC2)cc1.Cc1ccc(CC(C)(C)C)cc1.Cc1cccc(C)c1C.Cc1cccc(C2CCCC2)c1.Cc1ccccc1C1CCCC1. The van der Waals surface area contributed by atoms with Crippen molar-refractivity contribution in [3.8, 4) is 0 Å². The maximum atomic E-state index is 2.36. The predicted molar refractivity (Wildman–Crippen MR) is 411 cm³/mol. The minimum absolute atomic E-state index is 0.366. The molecule has 0 saturated heterocycles. The van der Waals surface area contributed by atoms with Crippen LogP contribution in [0.2, 0.25) is 0 Å². The van der Waals surface area contributed by atoms with Gasteiger partial charge >= 0.3 is 0 Å². The van der Waals surface area contributed by atoms with Crippen molar-refractivity contribution in [2.75, 3.05) is 0 Å². The van der Waals surface area contributed by atoms with E-state index < -0.39 is 0 Å². The zero-order valence-electron chi connectivity index (χ0n) is 62.7. The van der Waals surface area contributed by atoms with Gasteiger partial charge in [-0.3, -0.25) is 0 Å². The summed E-state index contributed by atoms with van der Waals surface area (Å²) in [6.07, 6.45) is 20.6. The first-order valence-corrected chi connectivity index (χ1v) is 36.1. The van der Waals surface area contributed by atoms with Crippen molar-refractivity contribution in [3.05, 3.63) is 282 Å². The van der Waals surface area contributed by atoms with E-state index in [0.29, 0.717) is 22.7 Å². The number of aryl methyl sites for hydroxylation is 11. The maximum absolute atomic E-state index is 2.36. The number of rotatable bonds is 9. The van der Waals surface area contributed by atoms with Crippen molar-refractivity contribution in [2.24, 2.45) is 5.41 Å². The summed E-state index contributed by atoms with van der Waals surface area (Å²) in [4.78, 5) is 0. The summed E-state index contributed by atoms with van der Waals surface area (Å²) in [6, 6.07) is 64.2. The molecule has 11 rings (SSSR count). The Morgan fingerprint density at radius 3 is 1.20 bits per heavy atom. The van der Waals surface area contributed by atoms with Gasteiger partial charge in [0.15, 0.2) is 0 Å². The molecule has 498 valence electrons. The molecule has 0 spiro atoms. The van der Waals surface area contributed by atoms with Gasteiger partial charge in [0.1, 0.15) is 0 Å². The topological polar surface area (TPSA) is 0 Å². The van der Waals surface area contributed by atoms with Gasteiger partial charge in [-0.25, -0.2) is 0 Å². The lowest BCUT2D eigenvalue weighted by atomic mass is 9.76. The van der Waals surface area contributed by atoms with Crippen molar-refractivity contribution >= 4 is 0 Å². The minimum atomic E-state index is 0.366. The number of hydrogen-bond acceptors (Lipinski definition) is 0. The first kappa shape index (κ1) is 78.2. The molecule has 3 fully saturated rings. The average Bonchev–Trinajstić information content (AvgIpc) is 1.24. The molecule has 0 N–H and O–H groups in total. The van der Waals surface area contributed by atoms with Crippen LogP contribution < -0.4 is 0 Å². The lowest BCUT2D eigenvalue weighted by molar-refractivity contribution is 0.411. The molecule has 0 unspecified atom stereocenters. The Hall–Kier alpha value is -6.24. The second-order valence-corrected chi connectivity index (χ2v) is 30.0. The minimum Gasteiger partial charge on any atom is -0.0645 e. The largest absolute Gasteiger partial charge is 0.0645 e. The Bertz CT molecular complexity index is 3260. The van der Waals surface area contributed by atoms with Crippen molar-refractivity contribution in [1.29, 1.82) is 0 Å². The fraction of sp³-hybridized carbons (Fsp3) is 0.478. The lowest BCUT2D eigenvalue weighted by Crippen LogP contribution is -2.20. The third-order valence-electron chi connectivity index (χ3n) is 20.0. The Labute approximate surface area is 567 Å². The van der Waals surface area contributed by atoms with Gasteiger partial charge in [-0.05, 0) is 259 Å². The molecule has 0 nitrogen and oxygen atoms in total. The second-order valence-electron chi connectivity index (χ2n) is 30.0. The Morgan fingerprint density at radius 2 is 0.761 bits per heavy atom. The smallest absolute Gasteiger partial charge is 0.00779 e. The van der Waals surface area contributed by atoms with E-state index in [1.807, 2.05) is 0 Å². The molecule has 8 aromatic rings. The van der Waals surface area contributed by atoms with E-state index in [1.165, 1.54) is 179 Å². The summed E-state index contributed by atoms with van der Waals surface area (Å²) in [5.74, 6) is 3.87. The molecular weight excluding hydrogens is 1110 g/mol. The Balaban J connectivity index is 0.000000225. The van der Waals surface area contributed by atoms with Gasteiger partial charge < -0.3 is 0 Å². The molecule has 0 atom stereocenters. The van der Waals surface area contributed by atoms with Crippen LogP contribution in [0.25, 0.3) is 0 Å². The summed E-state index contributed by atoms with van der Waals surface area (Å²) in [5, 5.41) is 0. The molecule has 0 amide bonds. The van der Waals surface area contributed by atoms with Gasteiger partial charge in [-0.15, -0.1) is 0 Å². The first-order chi connectivity index (χ1) is 43.6. The van der Waals surface area contributed by atoms with Gasteiger partial charge in [0.25, 0.3) is 0 Å². The molecule has 3 saturated carbocycles. The van der Waals surface area contributed by atoms with E-state index >= 15 is 0 Å². The maximum Gasteiger partial charge on any atom is -0.00779 e. The molecule has 0 heterocycles. The first-order valence-electron chi connectivity index (χ1n) is 36.1. The average molecular weight is 1240 g/mol. The quantitative estimate of drug-likeness (QED) is 0.135. The third-order valence-corrected chi connectivity index (χ3v) is 20.0. The van der Waals surface area contributed by atoms with Crippen LogP contribution >= 0.6 is 0 Å². The van der Waals surface area contributed by atoms with Gasteiger partial charge in [-0.2, -0.15) is 0 Å². The molecule has 8 aromatic carbocycles. The monoisotopic (exact) mass is 1240 g/mol. The van der Waals surface area contributed by atoms with Crippen LogP contribution in [0, 0.1) is 88.5 Å². The molecule has 0 bridgehead atoms. The zero-order chi connectivity index (χ0) is 68.0. The highest BCUT2D eigenvalue weighted by Gasteiger charge is 2.24. The van der Waals surface area contributed by atoms with Crippen LogP contribution in [0.4, 0.5) is 0 Å². The van der Waals surface area contributed by atoms with Crippen LogP contribution in [-0.4, -0.2) is 0 Å². The Kier molecular flexibility index (Phi) is 34.1. The van der Waals surface area contributed by atoms with E-state index in [9.17, 15) is 0 Å². The van der Waals surface area contributed by atoms with E-state index in [-0.39, 0.29) is 0 Å². The number of benzene rings is 8. The van der Waals surface area contributed by atoms with Crippen molar-refractivity contribution in [3.63, 3.8) is 0 Å². The van der Waals surface area contributed by atoms with E-state index in [4.69, 9.17) is 0 Å². The summed E-state index contributed by atoms with van der Waals surface area (Å²) < 4.78 is 0. The summed E-state index contributed by atoms with van der Waals surface area (Å²) in [6.45, 7) is 48.6. The fourth-order valence-corrected chi connectivity index (χ4v) is 13.1. The molecule has 0 heteroatoms. The highest BCUT2D eigenvalue weighted by molar-refractivity contribution is 5.36.